The molecule has 1 atom stereocenters. The van der Waals surface area contributed by atoms with E-state index < -0.39 is 11.6 Å². The molecule has 1 aliphatic rings. The van der Waals surface area contributed by atoms with Crippen LogP contribution in [0, 0.1) is 11.6 Å². The summed E-state index contributed by atoms with van der Waals surface area (Å²) in [6, 6.07) is 4.70. The second-order valence-corrected chi connectivity index (χ2v) is 7.32. The van der Waals surface area contributed by atoms with Crippen molar-refractivity contribution in [2.45, 2.75) is 25.3 Å². The molecular weight excluding hydrogens is 406 g/mol. The normalized spacial score (nSPS) is 15.8. The predicted octanol–water partition coefficient (Wildman–Crippen LogP) is 2.37. The van der Waals surface area contributed by atoms with Crippen molar-refractivity contribution in [3.05, 3.63) is 58.9 Å². The molecule has 1 aliphatic heterocycles. The number of anilines is 1. The molecule has 1 amide bonds. The second-order valence-electron chi connectivity index (χ2n) is 7.32. The van der Waals surface area contributed by atoms with Gasteiger partial charge in [0.15, 0.2) is 11.5 Å². The fourth-order valence-corrected chi connectivity index (χ4v) is 3.81. The number of hydrogen-bond donors (Lipinski definition) is 3. The number of aromatic amines is 1. The Balaban J connectivity index is 1.62. The van der Waals surface area contributed by atoms with Crippen molar-refractivity contribution in [1.82, 2.24) is 20.5 Å². The Bertz CT molecular complexity index is 1190. The highest BCUT2D eigenvalue weighted by atomic mass is 19.1. The van der Waals surface area contributed by atoms with E-state index in [9.17, 15) is 18.4 Å². The summed E-state index contributed by atoms with van der Waals surface area (Å²) in [6.45, 7) is 0.789. The maximum absolute atomic E-state index is 14.4. The van der Waals surface area contributed by atoms with Crippen LogP contribution in [0.4, 0.5) is 14.6 Å². The highest BCUT2D eigenvalue weighted by Gasteiger charge is 2.31. The van der Waals surface area contributed by atoms with E-state index in [1.54, 1.807) is 12.0 Å². The summed E-state index contributed by atoms with van der Waals surface area (Å²) in [6.07, 6.45) is 3.03. The van der Waals surface area contributed by atoms with Crippen molar-refractivity contribution in [1.29, 1.82) is 0 Å². The number of aromatic nitrogens is 3. The third-order valence-corrected chi connectivity index (χ3v) is 5.31. The van der Waals surface area contributed by atoms with Gasteiger partial charge in [-0.05, 0) is 37.1 Å². The number of carbonyl (C=O) groups excluding carboxylic acids is 2. The molecule has 0 radical (unpaired) electrons. The van der Waals surface area contributed by atoms with Gasteiger partial charge in [-0.1, -0.05) is 0 Å². The van der Waals surface area contributed by atoms with Crippen LogP contribution >= 0.6 is 0 Å². The van der Waals surface area contributed by atoms with Gasteiger partial charge in [-0.25, -0.2) is 18.6 Å². The van der Waals surface area contributed by atoms with Gasteiger partial charge in [0.25, 0.3) is 5.91 Å². The van der Waals surface area contributed by atoms with Crippen molar-refractivity contribution < 1.29 is 18.4 Å². The average molecular weight is 426 g/mol. The Labute approximate surface area is 176 Å². The molecular formula is C21H20F2N6O2. The third kappa shape index (κ3) is 4.10. The van der Waals surface area contributed by atoms with Gasteiger partial charge < -0.3 is 16.0 Å². The number of amides is 1. The number of nitrogens with one attached hydrogen (secondary N) is 2. The number of pyridine rings is 1. The minimum Gasteiger partial charge on any atom is -0.393 e. The third-order valence-electron chi connectivity index (χ3n) is 5.31. The van der Waals surface area contributed by atoms with Crippen molar-refractivity contribution in [2.75, 3.05) is 18.0 Å². The number of benzene rings is 1. The topological polar surface area (TPSA) is 117 Å². The number of halogens is 2. The molecule has 0 unspecified atom stereocenters. The number of fused-ring (bicyclic) bond motifs is 1. The van der Waals surface area contributed by atoms with E-state index >= 15 is 0 Å². The zero-order valence-electron chi connectivity index (χ0n) is 16.5. The lowest BCUT2D eigenvalue weighted by atomic mass is 10.0. The first kappa shape index (κ1) is 20.5. The molecule has 31 heavy (non-hydrogen) atoms. The summed E-state index contributed by atoms with van der Waals surface area (Å²) >= 11 is 0. The summed E-state index contributed by atoms with van der Waals surface area (Å²) in [5, 5.41) is 10.4. The number of H-pyrrole nitrogens is 1. The lowest BCUT2D eigenvalue weighted by Crippen LogP contribution is -2.26. The fraction of sp³-hybridized carbons (Fsp3) is 0.286. The van der Waals surface area contributed by atoms with Crippen LogP contribution in [-0.2, 0) is 4.79 Å². The van der Waals surface area contributed by atoms with Gasteiger partial charge in [0.05, 0.1) is 22.7 Å². The molecule has 8 nitrogen and oxygen atoms in total. The number of nitrogens with zero attached hydrogens (tertiary/aromatic N) is 3. The van der Waals surface area contributed by atoms with Crippen LogP contribution in [-0.4, -0.2) is 40.1 Å². The summed E-state index contributed by atoms with van der Waals surface area (Å²) in [7, 11) is 0. The number of hydrogen-bond acceptors (Lipinski definition) is 6. The fourth-order valence-electron chi connectivity index (χ4n) is 3.81. The van der Waals surface area contributed by atoms with Gasteiger partial charge in [0.1, 0.15) is 17.6 Å². The van der Waals surface area contributed by atoms with Crippen molar-refractivity contribution in [2.24, 2.45) is 5.73 Å². The van der Waals surface area contributed by atoms with Gasteiger partial charge in [-0.15, -0.1) is 0 Å². The Morgan fingerprint density at radius 3 is 3.00 bits per heavy atom. The number of carbonyl (C=O) groups is 1. The average Bonchev–Trinajstić information content (AvgIpc) is 3.41. The molecule has 1 fully saturated rings. The van der Waals surface area contributed by atoms with Gasteiger partial charge in [-0.3, -0.25) is 9.89 Å². The molecule has 3 heterocycles. The smallest absolute Gasteiger partial charge is 0.252 e. The zero-order valence-corrected chi connectivity index (χ0v) is 16.5. The zero-order chi connectivity index (χ0) is 22.0. The van der Waals surface area contributed by atoms with Crippen LogP contribution in [0.5, 0.6) is 0 Å². The lowest BCUT2D eigenvalue weighted by molar-refractivity contribution is 0.0954. The maximum Gasteiger partial charge on any atom is 0.252 e. The first-order valence-corrected chi connectivity index (χ1v) is 9.81. The summed E-state index contributed by atoms with van der Waals surface area (Å²) in [5.41, 5.74) is 6.47. The van der Waals surface area contributed by atoms with E-state index in [-0.39, 0.29) is 36.2 Å². The lowest BCUT2D eigenvalue weighted by Gasteiger charge is -2.25. The van der Waals surface area contributed by atoms with Crippen molar-refractivity contribution in [3.8, 4) is 0 Å². The standard InChI is InChI=1S/C21H20F2N6O2/c22-13-3-4-17(23)15(9-13)18-2-1-7-29(18)20-16-8-12(10-26-19(16)27-28-20)21(31)25-6-5-14(24)11-30/h3-4,8-10,18H,1-2,5-7,24H2,(H,25,31)(H,26,27,28)/t18-/m1/s1. The van der Waals surface area contributed by atoms with E-state index in [0.29, 0.717) is 35.4 Å². The molecule has 0 spiro atoms. The first-order valence-electron chi connectivity index (χ1n) is 9.81. The minimum atomic E-state index is -0.499. The molecule has 3 aromatic rings. The highest BCUT2D eigenvalue weighted by molar-refractivity contribution is 5.99. The Hall–Kier alpha value is -3.78. The molecule has 2 aromatic heterocycles. The Morgan fingerprint density at radius 1 is 1.35 bits per heavy atom. The number of rotatable bonds is 6. The van der Waals surface area contributed by atoms with Crippen molar-refractivity contribution in [3.63, 3.8) is 0 Å². The first-order chi connectivity index (χ1) is 15.0. The van der Waals surface area contributed by atoms with E-state index in [2.05, 4.69) is 20.5 Å². The molecule has 0 aliphatic carbocycles. The molecule has 4 N–H and O–H groups in total. The Kier molecular flexibility index (Phi) is 5.64. The van der Waals surface area contributed by atoms with E-state index in [4.69, 9.17) is 5.73 Å². The van der Waals surface area contributed by atoms with Crippen LogP contribution in [0.3, 0.4) is 0 Å². The second kappa shape index (κ2) is 8.53. The van der Waals surface area contributed by atoms with E-state index in [1.165, 1.54) is 12.3 Å². The van der Waals surface area contributed by atoms with Crippen LogP contribution in [0.2, 0.25) is 0 Å². The Morgan fingerprint density at radius 2 is 2.19 bits per heavy atom. The quantitative estimate of drug-likeness (QED) is 0.521. The highest BCUT2D eigenvalue weighted by Crippen LogP contribution is 2.39. The van der Waals surface area contributed by atoms with Gasteiger partial charge in [0.2, 0.25) is 0 Å². The minimum absolute atomic E-state index is 0.0238. The summed E-state index contributed by atoms with van der Waals surface area (Å²) in [4.78, 5) is 29.0. The van der Waals surface area contributed by atoms with Gasteiger partial charge >= 0.3 is 0 Å². The number of nitrogens with two attached hydrogens (primary N) is 1. The molecule has 1 aromatic carbocycles. The molecule has 0 bridgehead atoms. The summed E-state index contributed by atoms with van der Waals surface area (Å²) in [5.74, 6) is 0.748. The van der Waals surface area contributed by atoms with Crippen LogP contribution < -0.4 is 16.0 Å². The predicted molar refractivity (Wildman–Crippen MR) is 110 cm³/mol. The molecule has 160 valence electrons. The SMILES string of the molecule is NC(=C=O)CCNC(=O)c1cnc2[nH]nc(N3CCC[C@@H]3c3cc(F)ccc3F)c2c1. The maximum atomic E-state index is 14.4. The molecule has 1 saturated heterocycles. The summed E-state index contributed by atoms with van der Waals surface area (Å²) < 4.78 is 28.1. The van der Waals surface area contributed by atoms with Crippen molar-refractivity contribution >= 4 is 28.7 Å². The molecule has 10 heteroatoms. The molecule has 0 saturated carbocycles. The van der Waals surface area contributed by atoms with E-state index in [0.717, 1.165) is 18.6 Å². The van der Waals surface area contributed by atoms with Gasteiger partial charge in [0, 0.05) is 31.3 Å². The van der Waals surface area contributed by atoms with Crippen LogP contribution in [0.15, 0.2) is 36.2 Å². The largest absolute Gasteiger partial charge is 0.393 e. The molecule has 4 rings (SSSR count). The van der Waals surface area contributed by atoms with Gasteiger partial charge in [-0.2, -0.15) is 5.10 Å². The van der Waals surface area contributed by atoms with Crippen LogP contribution in [0.1, 0.15) is 41.2 Å². The van der Waals surface area contributed by atoms with E-state index in [1.807, 2.05) is 4.90 Å². The van der Waals surface area contributed by atoms with Crippen LogP contribution in [0.25, 0.3) is 11.0 Å². The monoisotopic (exact) mass is 426 g/mol.